The van der Waals surface area contributed by atoms with Gasteiger partial charge in [-0.15, -0.1) is 45.3 Å². The molecule has 0 aliphatic carbocycles. The van der Waals surface area contributed by atoms with Gasteiger partial charge in [0, 0.05) is 36.3 Å². The van der Waals surface area contributed by atoms with E-state index in [2.05, 4.69) is 46.8 Å². The topological polar surface area (TPSA) is 186 Å². The number of guanidine groups is 1. The lowest BCUT2D eigenvalue weighted by atomic mass is 10.1. The Morgan fingerprint density at radius 2 is 1.65 bits per heavy atom. The maximum absolute atomic E-state index is 12.7. The molecule has 6 N–H and O–H groups in total. The first-order valence-electron chi connectivity index (χ1n) is 14.7. The normalized spacial score (nSPS) is 12.5. The van der Waals surface area contributed by atoms with Crippen LogP contribution in [0.5, 0.6) is 11.5 Å². The van der Waals surface area contributed by atoms with Gasteiger partial charge in [-0.1, -0.05) is 5.16 Å². The molecular formula is C32H33N7O5S4. The molecule has 2 amide bonds. The van der Waals surface area contributed by atoms with Gasteiger partial charge in [0.15, 0.2) is 24.1 Å². The van der Waals surface area contributed by atoms with E-state index >= 15 is 0 Å². The number of ether oxygens (including phenoxy) is 2. The SMILES string of the molecule is Cc1cc(/C=C(\C#N)C(=O)NC/C=N\OCC(=O)NCCN=C(N)N)sc1-c1sc(-c2cc(C)c(-c3scc4c3OCCO4)s2)cc1C. The average molecular weight is 724 g/mol. The number of thiophene rings is 4. The second kappa shape index (κ2) is 15.9. The van der Waals surface area contributed by atoms with E-state index in [0.29, 0.717) is 13.2 Å². The summed E-state index contributed by atoms with van der Waals surface area (Å²) < 4.78 is 11.7. The largest absolute Gasteiger partial charge is 0.485 e. The Morgan fingerprint density at radius 1 is 0.979 bits per heavy atom. The van der Waals surface area contributed by atoms with Crippen LogP contribution in [0.1, 0.15) is 21.6 Å². The summed E-state index contributed by atoms with van der Waals surface area (Å²) in [6, 6.07) is 8.41. The maximum atomic E-state index is 12.7. The molecule has 0 unspecified atom stereocenters. The molecule has 5 heterocycles. The number of aryl methyl sites for hydroxylation is 3. The second-order valence-electron chi connectivity index (χ2n) is 10.5. The minimum atomic E-state index is -0.545. The zero-order chi connectivity index (χ0) is 34.2. The molecule has 0 bridgehead atoms. The third kappa shape index (κ3) is 8.42. The summed E-state index contributed by atoms with van der Waals surface area (Å²) in [6.45, 7) is 7.59. The van der Waals surface area contributed by atoms with Crippen LogP contribution in [0.15, 0.2) is 39.3 Å². The van der Waals surface area contributed by atoms with Crippen LogP contribution in [0.4, 0.5) is 0 Å². The first-order valence-corrected chi connectivity index (χ1v) is 18.0. The average Bonchev–Trinajstić information content (AvgIpc) is 3.84. The van der Waals surface area contributed by atoms with Crippen LogP contribution < -0.4 is 31.6 Å². The van der Waals surface area contributed by atoms with Gasteiger partial charge in [0.05, 0.1) is 29.1 Å². The molecule has 0 aromatic carbocycles. The highest BCUT2D eigenvalue weighted by molar-refractivity contribution is 7.28. The molecule has 5 rings (SSSR count). The molecule has 0 saturated heterocycles. The highest BCUT2D eigenvalue weighted by Crippen LogP contribution is 2.51. The van der Waals surface area contributed by atoms with Crippen LogP contribution in [0.25, 0.3) is 35.3 Å². The van der Waals surface area contributed by atoms with E-state index in [1.165, 1.54) is 37.7 Å². The fraction of sp³-hybridized carbons (Fsp3) is 0.281. The molecule has 0 spiro atoms. The number of fused-ring (bicyclic) bond motifs is 1. The molecule has 250 valence electrons. The Kier molecular flexibility index (Phi) is 11.5. The summed E-state index contributed by atoms with van der Waals surface area (Å²) in [6.07, 6.45) is 2.88. The molecule has 48 heavy (non-hydrogen) atoms. The van der Waals surface area contributed by atoms with Gasteiger partial charge in [-0.2, -0.15) is 5.26 Å². The van der Waals surface area contributed by atoms with Crippen molar-refractivity contribution in [1.82, 2.24) is 10.6 Å². The van der Waals surface area contributed by atoms with Crippen LogP contribution in [0.2, 0.25) is 0 Å². The first-order chi connectivity index (χ1) is 23.1. The molecule has 16 heteroatoms. The predicted octanol–water partition coefficient (Wildman–Crippen LogP) is 5.05. The molecule has 1 aliphatic rings. The Balaban J connectivity index is 1.20. The van der Waals surface area contributed by atoms with Gasteiger partial charge in [-0.3, -0.25) is 14.6 Å². The second-order valence-corrected chi connectivity index (χ2v) is 14.5. The molecule has 4 aromatic heterocycles. The number of nitrogens with zero attached hydrogens (tertiary/aromatic N) is 3. The molecule has 1 aliphatic heterocycles. The predicted molar refractivity (Wildman–Crippen MR) is 194 cm³/mol. The standard InChI is InChI=1S/C32H33N7O5S4/c1-17-10-21(13-20(14-33)31(41)37-6-7-39-44-15-25(40)36-4-5-38-32(34)35)46-27(17)28-18(2)11-23(47-28)24-12-19(3)29(48-24)30-26-22(16-45-30)42-8-9-43-26/h7,10-13,16H,4-6,8-9,15H2,1-3H3,(H,36,40)(H,37,41)(H4,34,35,38)/b20-13+,39-7-. The fourth-order valence-corrected chi connectivity index (χ4v) is 9.56. The van der Waals surface area contributed by atoms with Gasteiger partial charge in [0.25, 0.3) is 11.8 Å². The molecule has 4 aromatic rings. The number of aliphatic imine (C=N–C) groups is 1. The van der Waals surface area contributed by atoms with E-state index in [1.807, 2.05) is 24.4 Å². The highest BCUT2D eigenvalue weighted by Gasteiger charge is 2.24. The van der Waals surface area contributed by atoms with E-state index < -0.39 is 11.8 Å². The van der Waals surface area contributed by atoms with Gasteiger partial charge in [0.1, 0.15) is 24.9 Å². The molecule has 0 atom stereocenters. The van der Waals surface area contributed by atoms with Gasteiger partial charge in [-0.25, -0.2) is 0 Å². The minimum absolute atomic E-state index is 0.00944. The molecule has 0 radical (unpaired) electrons. The third-order valence-corrected chi connectivity index (χ3v) is 11.9. The number of carbonyl (C=O) groups excluding carboxylic acids is 2. The molecule has 0 fully saturated rings. The summed E-state index contributed by atoms with van der Waals surface area (Å²) in [7, 11) is 0. The van der Waals surface area contributed by atoms with Crippen molar-refractivity contribution in [2.45, 2.75) is 20.8 Å². The van der Waals surface area contributed by atoms with Gasteiger partial charge >= 0.3 is 0 Å². The van der Waals surface area contributed by atoms with Crippen molar-refractivity contribution in [2.24, 2.45) is 21.6 Å². The van der Waals surface area contributed by atoms with Crippen LogP contribution in [0.3, 0.4) is 0 Å². The number of hydrogen-bond acceptors (Lipinski definition) is 12. The zero-order valence-corrected chi connectivity index (χ0v) is 29.6. The number of nitriles is 1. The van der Waals surface area contributed by atoms with Crippen LogP contribution in [0, 0.1) is 32.1 Å². The summed E-state index contributed by atoms with van der Waals surface area (Å²) in [4.78, 5) is 40.8. The Labute approximate surface area is 293 Å². The minimum Gasteiger partial charge on any atom is -0.485 e. The zero-order valence-electron chi connectivity index (χ0n) is 26.4. The summed E-state index contributed by atoms with van der Waals surface area (Å²) in [5.74, 6) is 0.652. The van der Waals surface area contributed by atoms with Crippen molar-refractivity contribution >= 4 is 75.4 Å². The Hall–Kier alpha value is -4.69. The van der Waals surface area contributed by atoms with Crippen LogP contribution in [-0.4, -0.2) is 63.4 Å². The fourth-order valence-electron chi connectivity index (χ4n) is 4.62. The molecule has 12 nitrogen and oxygen atoms in total. The number of nitrogens with two attached hydrogens (primary N) is 2. The van der Waals surface area contributed by atoms with E-state index in [-0.39, 0.29) is 37.8 Å². The van der Waals surface area contributed by atoms with E-state index in [9.17, 15) is 14.9 Å². The number of amides is 2. The smallest absolute Gasteiger partial charge is 0.262 e. The van der Waals surface area contributed by atoms with Crippen molar-refractivity contribution in [3.63, 3.8) is 0 Å². The Morgan fingerprint density at radius 3 is 2.35 bits per heavy atom. The number of nitrogens with one attached hydrogen (secondary N) is 2. The van der Waals surface area contributed by atoms with Crippen molar-refractivity contribution in [3.8, 4) is 46.8 Å². The Bertz CT molecular complexity index is 1940. The number of hydrogen-bond donors (Lipinski definition) is 4. The lowest BCUT2D eigenvalue weighted by Gasteiger charge is -2.15. The summed E-state index contributed by atoms with van der Waals surface area (Å²) in [5.41, 5.74) is 13.8. The quantitative estimate of drug-likeness (QED) is 0.0369. The molecular weight excluding hydrogens is 691 g/mol. The molecule has 0 saturated carbocycles. The van der Waals surface area contributed by atoms with E-state index in [4.69, 9.17) is 25.8 Å². The highest BCUT2D eigenvalue weighted by atomic mass is 32.1. The van der Waals surface area contributed by atoms with Gasteiger partial charge < -0.3 is 36.4 Å². The summed E-state index contributed by atoms with van der Waals surface area (Å²) >= 11 is 6.67. The monoisotopic (exact) mass is 723 g/mol. The van der Waals surface area contributed by atoms with Gasteiger partial charge in [0.2, 0.25) is 0 Å². The first kappa shape index (κ1) is 34.6. The van der Waals surface area contributed by atoms with Crippen molar-refractivity contribution in [1.29, 1.82) is 5.26 Å². The van der Waals surface area contributed by atoms with Crippen molar-refractivity contribution in [2.75, 3.05) is 39.5 Å². The van der Waals surface area contributed by atoms with E-state index in [0.717, 1.165) is 42.1 Å². The van der Waals surface area contributed by atoms with Gasteiger partial charge in [-0.05, 0) is 61.7 Å². The third-order valence-electron chi connectivity index (χ3n) is 6.81. The lowest BCUT2D eigenvalue weighted by molar-refractivity contribution is -0.125. The number of carbonyl (C=O) groups is 2. The number of oxime groups is 1. The van der Waals surface area contributed by atoms with Crippen LogP contribution in [-0.2, 0) is 14.4 Å². The number of rotatable bonds is 13. The van der Waals surface area contributed by atoms with Crippen molar-refractivity contribution in [3.05, 3.63) is 50.7 Å². The van der Waals surface area contributed by atoms with Crippen molar-refractivity contribution < 1.29 is 23.9 Å². The maximum Gasteiger partial charge on any atom is 0.262 e. The van der Waals surface area contributed by atoms with E-state index in [1.54, 1.807) is 40.1 Å². The van der Waals surface area contributed by atoms with Crippen LogP contribution >= 0.6 is 45.3 Å². The lowest BCUT2D eigenvalue weighted by Crippen LogP contribution is -2.31. The summed E-state index contributed by atoms with van der Waals surface area (Å²) in [5, 5.41) is 20.5.